The van der Waals surface area contributed by atoms with Crippen LogP contribution in [0.25, 0.3) is 0 Å². The first kappa shape index (κ1) is 6.90. The molecule has 0 N–H and O–H groups in total. The standard InChI is InChI=1S/C9H16S/c1-7-4-5-8-6-10(7)9(8,2)3/h8H,4-6H2,1-3H3. The van der Waals surface area contributed by atoms with E-state index in [1.165, 1.54) is 18.6 Å². The van der Waals surface area contributed by atoms with Crippen LogP contribution in [0, 0.1) is 5.92 Å². The van der Waals surface area contributed by atoms with Gasteiger partial charge in [-0.25, -0.2) is 0 Å². The van der Waals surface area contributed by atoms with E-state index in [2.05, 4.69) is 20.8 Å². The predicted octanol–water partition coefficient (Wildman–Crippen LogP) is 2.65. The van der Waals surface area contributed by atoms with Crippen molar-refractivity contribution in [3.63, 3.8) is 0 Å². The second-order valence-corrected chi connectivity index (χ2v) is 6.96. The van der Waals surface area contributed by atoms with Crippen LogP contribution in [0.15, 0.2) is 0 Å². The van der Waals surface area contributed by atoms with Crippen molar-refractivity contribution in [2.45, 2.75) is 38.4 Å². The Morgan fingerprint density at radius 1 is 1.50 bits per heavy atom. The predicted molar refractivity (Wildman–Crippen MR) is 49.9 cm³/mol. The molecular weight excluding hydrogens is 140 g/mol. The number of fused-ring (bicyclic) bond motifs is 2. The minimum Gasteiger partial charge on any atom is -0.180 e. The van der Waals surface area contributed by atoms with Gasteiger partial charge in [-0.1, -0.05) is 13.8 Å². The smallest absolute Gasteiger partial charge is 0.00895 e. The van der Waals surface area contributed by atoms with Crippen molar-refractivity contribution in [1.82, 2.24) is 0 Å². The van der Waals surface area contributed by atoms with Crippen LogP contribution < -0.4 is 0 Å². The maximum absolute atomic E-state index is 2.45. The van der Waals surface area contributed by atoms with Gasteiger partial charge in [0.25, 0.3) is 0 Å². The molecule has 3 rings (SSSR count). The largest absolute Gasteiger partial charge is 0.180 e. The van der Waals surface area contributed by atoms with Gasteiger partial charge in [-0.3, -0.25) is 0 Å². The third-order valence-corrected chi connectivity index (χ3v) is 6.64. The highest BCUT2D eigenvalue weighted by atomic mass is 32.2. The van der Waals surface area contributed by atoms with Gasteiger partial charge < -0.3 is 0 Å². The molecule has 1 fully saturated rings. The van der Waals surface area contributed by atoms with Crippen LogP contribution in [0.3, 0.4) is 0 Å². The fourth-order valence-electron chi connectivity index (χ4n) is 2.24. The Morgan fingerprint density at radius 3 is 2.50 bits per heavy atom. The summed E-state index contributed by atoms with van der Waals surface area (Å²) < 4.78 is 0.697. The van der Waals surface area contributed by atoms with Crippen LogP contribution in [0.2, 0.25) is 0 Å². The van der Waals surface area contributed by atoms with Gasteiger partial charge >= 0.3 is 0 Å². The van der Waals surface area contributed by atoms with Crippen LogP contribution in [0.1, 0.15) is 33.6 Å². The Labute approximate surface area is 65.9 Å². The minimum atomic E-state index is 0.697. The van der Waals surface area contributed by atoms with Crippen molar-refractivity contribution in [3.8, 4) is 0 Å². The molecule has 0 saturated carbocycles. The highest BCUT2D eigenvalue weighted by Gasteiger charge is 2.45. The van der Waals surface area contributed by atoms with Crippen molar-refractivity contribution in [2.24, 2.45) is 5.92 Å². The lowest BCUT2D eigenvalue weighted by molar-refractivity contribution is 0.400. The summed E-state index contributed by atoms with van der Waals surface area (Å²) in [5, 5.41) is 0. The second-order valence-electron chi connectivity index (χ2n) is 4.10. The fraction of sp³-hybridized carbons (Fsp3) is 0.889. The molecule has 0 aliphatic carbocycles. The number of hydrogen-bond acceptors (Lipinski definition) is 0. The summed E-state index contributed by atoms with van der Waals surface area (Å²) in [6.45, 7) is 7.26. The molecule has 0 spiro atoms. The SMILES string of the molecule is CC1=S2CC(CC1)C2(C)C. The van der Waals surface area contributed by atoms with Crippen LogP contribution in [0.5, 0.6) is 0 Å². The van der Waals surface area contributed by atoms with Crippen molar-refractivity contribution in [2.75, 3.05) is 5.75 Å². The van der Waals surface area contributed by atoms with Gasteiger partial charge in [0.2, 0.25) is 0 Å². The zero-order valence-corrected chi connectivity index (χ0v) is 7.92. The molecule has 3 heterocycles. The average molecular weight is 156 g/mol. The number of rotatable bonds is 0. The molecule has 3 aliphatic heterocycles. The fourth-order valence-corrected chi connectivity index (χ4v) is 5.51. The first-order valence-electron chi connectivity index (χ1n) is 4.16. The molecule has 10 heavy (non-hydrogen) atoms. The van der Waals surface area contributed by atoms with Gasteiger partial charge in [-0.2, -0.15) is 10.5 Å². The lowest BCUT2D eigenvalue weighted by atomic mass is 9.89. The molecule has 0 aromatic rings. The zero-order valence-electron chi connectivity index (χ0n) is 7.11. The molecule has 0 amide bonds. The van der Waals surface area contributed by atoms with Gasteiger partial charge in [0, 0.05) is 4.75 Å². The third-order valence-electron chi connectivity index (χ3n) is 3.25. The zero-order chi connectivity index (χ0) is 7.35. The molecular formula is C9H16S. The van der Waals surface area contributed by atoms with Gasteiger partial charge in [0.15, 0.2) is 0 Å². The van der Waals surface area contributed by atoms with Crippen molar-refractivity contribution < 1.29 is 0 Å². The molecule has 0 aromatic carbocycles. The lowest BCUT2D eigenvalue weighted by Crippen LogP contribution is -2.46. The van der Waals surface area contributed by atoms with Crippen molar-refractivity contribution in [3.05, 3.63) is 0 Å². The Bertz CT molecular complexity index is 201. The normalized spacial score (nSPS) is 42.9. The first-order chi connectivity index (χ1) is 4.62. The maximum atomic E-state index is 2.45. The van der Waals surface area contributed by atoms with Crippen LogP contribution >= 0.6 is 10.5 Å². The van der Waals surface area contributed by atoms with Gasteiger partial charge in [0.05, 0.1) is 0 Å². The van der Waals surface area contributed by atoms with Gasteiger partial charge in [-0.05, 0) is 36.3 Å². The Hall–Kier alpha value is 0.220. The van der Waals surface area contributed by atoms with Crippen molar-refractivity contribution in [1.29, 1.82) is 0 Å². The molecule has 58 valence electrons. The molecule has 2 bridgehead atoms. The van der Waals surface area contributed by atoms with Gasteiger partial charge in [0.1, 0.15) is 0 Å². The summed E-state index contributed by atoms with van der Waals surface area (Å²) in [7, 11) is 0.715. The van der Waals surface area contributed by atoms with E-state index in [4.69, 9.17) is 0 Å². The van der Waals surface area contributed by atoms with Crippen LogP contribution in [-0.4, -0.2) is 15.4 Å². The van der Waals surface area contributed by atoms with E-state index in [0.29, 0.717) is 15.2 Å². The van der Waals surface area contributed by atoms with E-state index < -0.39 is 0 Å². The Kier molecular flexibility index (Phi) is 1.30. The summed E-state index contributed by atoms with van der Waals surface area (Å²) in [5.41, 5.74) is 0. The molecule has 0 aromatic heterocycles. The van der Waals surface area contributed by atoms with E-state index in [1.54, 1.807) is 4.86 Å². The summed E-state index contributed by atoms with van der Waals surface area (Å²) in [5.74, 6) is 2.60. The van der Waals surface area contributed by atoms with E-state index >= 15 is 0 Å². The van der Waals surface area contributed by atoms with Crippen LogP contribution in [-0.2, 0) is 0 Å². The molecule has 1 heteroatoms. The minimum absolute atomic E-state index is 0.697. The topological polar surface area (TPSA) is 0 Å². The monoisotopic (exact) mass is 156 g/mol. The van der Waals surface area contributed by atoms with E-state index in [1.807, 2.05) is 0 Å². The Morgan fingerprint density at radius 2 is 2.20 bits per heavy atom. The summed E-state index contributed by atoms with van der Waals surface area (Å²) in [4.78, 5) is 1.80. The molecule has 1 saturated heterocycles. The van der Waals surface area contributed by atoms with Crippen LogP contribution in [0.4, 0.5) is 0 Å². The summed E-state index contributed by atoms with van der Waals surface area (Å²) in [6, 6.07) is 0. The highest BCUT2D eigenvalue weighted by molar-refractivity contribution is 8.18. The van der Waals surface area contributed by atoms with Gasteiger partial charge in [-0.15, -0.1) is 0 Å². The average Bonchev–Trinajstić information content (AvgIpc) is 1.87. The van der Waals surface area contributed by atoms with E-state index in [-0.39, 0.29) is 0 Å². The maximum Gasteiger partial charge on any atom is 0.00895 e. The highest BCUT2D eigenvalue weighted by Crippen LogP contribution is 2.57. The molecule has 3 aliphatic rings. The first-order valence-corrected chi connectivity index (χ1v) is 5.55. The quantitative estimate of drug-likeness (QED) is 0.473. The van der Waals surface area contributed by atoms with E-state index in [9.17, 15) is 0 Å². The van der Waals surface area contributed by atoms with Crippen molar-refractivity contribution >= 4 is 15.3 Å². The summed E-state index contributed by atoms with van der Waals surface area (Å²) in [6.07, 6.45) is 2.90. The molecule has 0 nitrogen and oxygen atoms in total. The van der Waals surface area contributed by atoms with E-state index in [0.717, 1.165) is 5.92 Å². The Balaban J connectivity index is 2.39. The molecule has 0 radical (unpaired) electrons. The second kappa shape index (κ2) is 1.88. The molecule has 2 unspecified atom stereocenters. The third kappa shape index (κ3) is 0.674. The summed E-state index contributed by atoms with van der Waals surface area (Å²) >= 11 is 0. The lowest BCUT2D eigenvalue weighted by Gasteiger charge is -2.53. The number of hydrogen-bond donors (Lipinski definition) is 0. The molecule has 2 atom stereocenters.